The molecule has 0 aliphatic carbocycles. The first kappa shape index (κ1) is 8.88. The van der Waals surface area contributed by atoms with E-state index in [1.807, 2.05) is 0 Å². The molecule has 0 fully saturated rings. The van der Waals surface area contributed by atoms with Gasteiger partial charge >= 0.3 is 0 Å². The number of hydrogen-bond acceptors (Lipinski definition) is 3. The Morgan fingerprint density at radius 1 is 1.67 bits per heavy atom. The predicted octanol–water partition coefficient (Wildman–Crippen LogP) is -0.269. The van der Waals surface area contributed by atoms with Gasteiger partial charge in [-0.2, -0.15) is 0 Å². The molecule has 56 valence electrons. The van der Waals surface area contributed by atoms with E-state index in [-0.39, 0.29) is 6.04 Å². The number of rotatable bonds is 4. The molecule has 0 aliphatic rings. The van der Waals surface area contributed by atoms with Gasteiger partial charge in [-0.25, -0.2) is 0 Å². The maximum atomic E-state index is 8.87. The molecule has 0 aromatic carbocycles. The van der Waals surface area contributed by atoms with Crippen LogP contribution in [0.2, 0.25) is 0 Å². The topological polar surface area (TPSA) is 55.5 Å². The van der Waals surface area contributed by atoms with Gasteiger partial charge in [0.1, 0.15) is 0 Å². The van der Waals surface area contributed by atoms with Crippen LogP contribution in [0.25, 0.3) is 0 Å². The van der Waals surface area contributed by atoms with Crippen LogP contribution >= 0.6 is 0 Å². The molecule has 0 amide bonds. The Morgan fingerprint density at radius 3 is 2.56 bits per heavy atom. The molecule has 0 aromatic rings. The van der Waals surface area contributed by atoms with Crippen molar-refractivity contribution in [3.63, 3.8) is 0 Å². The second-order valence-corrected chi connectivity index (χ2v) is 2.19. The Kier molecular flexibility index (Phi) is 4.67. The molecule has 2 atom stereocenters. The van der Waals surface area contributed by atoms with E-state index in [4.69, 9.17) is 15.6 Å². The first-order valence-corrected chi connectivity index (χ1v) is 3.11. The molecule has 0 aliphatic heterocycles. The van der Waals surface area contributed by atoms with Crippen molar-refractivity contribution in [1.29, 1.82) is 0 Å². The normalized spacial score (nSPS) is 17.3. The van der Waals surface area contributed by atoms with Crippen LogP contribution in [0, 0.1) is 0 Å². The summed E-state index contributed by atoms with van der Waals surface area (Å²) in [6.45, 7) is 2.30. The number of nitrogens with two attached hydrogens (primary N) is 1. The van der Waals surface area contributed by atoms with Crippen LogP contribution in [0.3, 0.4) is 0 Å². The van der Waals surface area contributed by atoms with E-state index in [2.05, 4.69) is 0 Å². The first-order chi connectivity index (χ1) is 4.18. The Morgan fingerprint density at radius 2 is 2.22 bits per heavy atom. The lowest BCUT2D eigenvalue weighted by molar-refractivity contribution is 0.128. The summed E-state index contributed by atoms with van der Waals surface area (Å²) in [6, 6.07) is -0.148. The third kappa shape index (κ3) is 4.39. The molecule has 0 aromatic heterocycles. The van der Waals surface area contributed by atoms with Crippen molar-refractivity contribution in [1.82, 2.24) is 0 Å². The van der Waals surface area contributed by atoms with E-state index in [0.717, 1.165) is 0 Å². The highest BCUT2D eigenvalue weighted by molar-refractivity contribution is 4.65. The second kappa shape index (κ2) is 4.73. The second-order valence-electron chi connectivity index (χ2n) is 2.19. The lowest BCUT2D eigenvalue weighted by Crippen LogP contribution is -2.33. The van der Waals surface area contributed by atoms with Crippen LogP contribution in [0.5, 0.6) is 0 Å². The minimum Gasteiger partial charge on any atom is -0.392 e. The van der Waals surface area contributed by atoms with Crippen LogP contribution < -0.4 is 5.73 Å². The molecule has 3 nitrogen and oxygen atoms in total. The van der Waals surface area contributed by atoms with Crippen molar-refractivity contribution in [2.75, 3.05) is 13.7 Å². The molecule has 0 bridgehead atoms. The van der Waals surface area contributed by atoms with Gasteiger partial charge in [0.25, 0.3) is 0 Å². The van der Waals surface area contributed by atoms with E-state index >= 15 is 0 Å². The van der Waals surface area contributed by atoms with Crippen LogP contribution in [0.4, 0.5) is 0 Å². The van der Waals surface area contributed by atoms with Crippen molar-refractivity contribution >= 4 is 0 Å². The van der Waals surface area contributed by atoms with E-state index in [9.17, 15) is 0 Å². The summed E-state index contributed by atoms with van der Waals surface area (Å²) in [4.78, 5) is 0. The number of aliphatic hydroxyl groups is 1. The lowest BCUT2D eigenvalue weighted by Gasteiger charge is -2.12. The van der Waals surface area contributed by atoms with Gasteiger partial charge in [0, 0.05) is 19.8 Å². The van der Waals surface area contributed by atoms with Crippen molar-refractivity contribution in [3.05, 3.63) is 0 Å². The summed E-state index contributed by atoms with van der Waals surface area (Å²) in [5.41, 5.74) is 5.47. The largest absolute Gasteiger partial charge is 0.392 e. The van der Waals surface area contributed by atoms with Crippen molar-refractivity contribution in [2.45, 2.75) is 25.5 Å². The standard InChI is InChI=1S/C6H15NO2/c1-5(8)6(7)3-4-9-2/h5-6,8H,3-4,7H2,1-2H3. The summed E-state index contributed by atoms with van der Waals surface area (Å²) in [7, 11) is 1.62. The fraction of sp³-hybridized carbons (Fsp3) is 1.00. The summed E-state index contributed by atoms with van der Waals surface area (Å²) in [6.07, 6.45) is 0.286. The van der Waals surface area contributed by atoms with Gasteiger partial charge in [0.2, 0.25) is 0 Å². The van der Waals surface area contributed by atoms with Crippen molar-refractivity contribution < 1.29 is 9.84 Å². The minimum atomic E-state index is -0.430. The fourth-order valence-electron chi connectivity index (χ4n) is 0.495. The molecule has 2 unspecified atom stereocenters. The molecule has 3 N–H and O–H groups in total. The third-order valence-electron chi connectivity index (χ3n) is 1.27. The van der Waals surface area contributed by atoms with E-state index in [1.54, 1.807) is 14.0 Å². The average molecular weight is 133 g/mol. The molecule has 0 spiro atoms. The Balaban J connectivity index is 3.16. The van der Waals surface area contributed by atoms with Gasteiger partial charge in [-0.1, -0.05) is 0 Å². The SMILES string of the molecule is COCCC(N)C(C)O. The molecule has 0 saturated carbocycles. The molecule has 9 heavy (non-hydrogen) atoms. The fourth-order valence-corrected chi connectivity index (χ4v) is 0.495. The van der Waals surface area contributed by atoms with Gasteiger partial charge < -0.3 is 15.6 Å². The molecule has 0 radical (unpaired) electrons. The minimum absolute atomic E-state index is 0.148. The number of aliphatic hydroxyl groups excluding tert-OH is 1. The monoisotopic (exact) mass is 133 g/mol. The van der Waals surface area contributed by atoms with Crippen molar-refractivity contribution in [2.24, 2.45) is 5.73 Å². The zero-order valence-electron chi connectivity index (χ0n) is 6.00. The van der Waals surface area contributed by atoms with Gasteiger partial charge in [0.05, 0.1) is 6.10 Å². The Bertz CT molecular complexity index is 66.1. The van der Waals surface area contributed by atoms with Gasteiger partial charge in [-0.15, -0.1) is 0 Å². The van der Waals surface area contributed by atoms with E-state index in [1.165, 1.54) is 0 Å². The first-order valence-electron chi connectivity index (χ1n) is 3.11. The highest BCUT2D eigenvalue weighted by Gasteiger charge is 2.07. The summed E-state index contributed by atoms with van der Waals surface area (Å²) in [5.74, 6) is 0. The molecular formula is C6H15NO2. The summed E-state index contributed by atoms with van der Waals surface area (Å²) < 4.78 is 4.77. The Hall–Kier alpha value is -0.120. The third-order valence-corrected chi connectivity index (χ3v) is 1.27. The highest BCUT2D eigenvalue weighted by Crippen LogP contribution is 1.93. The number of methoxy groups -OCH3 is 1. The Labute approximate surface area is 55.8 Å². The molecular weight excluding hydrogens is 118 g/mol. The zero-order chi connectivity index (χ0) is 7.28. The van der Waals surface area contributed by atoms with E-state index < -0.39 is 6.10 Å². The van der Waals surface area contributed by atoms with Crippen LogP contribution in [-0.2, 0) is 4.74 Å². The molecule has 0 heterocycles. The predicted molar refractivity (Wildman–Crippen MR) is 36.1 cm³/mol. The van der Waals surface area contributed by atoms with Crippen LogP contribution in [0.1, 0.15) is 13.3 Å². The molecule has 0 rings (SSSR count). The maximum Gasteiger partial charge on any atom is 0.0663 e. The van der Waals surface area contributed by atoms with Crippen molar-refractivity contribution in [3.8, 4) is 0 Å². The summed E-state index contributed by atoms with van der Waals surface area (Å²) in [5, 5.41) is 8.87. The van der Waals surface area contributed by atoms with Gasteiger partial charge in [-0.3, -0.25) is 0 Å². The quantitative estimate of drug-likeness (QED) is 0.555. The zero-order valence-corrected chi connectivity index (χ0v) is 6.00. The average Bonchev–Trinajstić information content (AvgIpc) is 1.82. The number of hydrogen-bond donors (Lipinski definition) is 2. The number of ether oxygens (including phenoxy) is 1. The maximum absolute atomic E-state index is 8.87. The molecule has 3 heteroatoms. The van der Waals surface area contributed by atoms with Gasteiger partial charge in [0.15, 0.2) is 0 Å². The molecule has 0 saturated heterocycles. The highest BCUT2D eigenvalue weighted by atomic mass is 16.5. The van der Waals surface area contributed by atoms with Crippen LogP contribution in [0.15, 0.2) is 0 Å². The smallest absolute Gasteiger partial charge is 0.0663 e. The van der Waals surface area contributed by atoms with Gasteiger partial charge in [-0.05, 0) is 13.3 Å². The summed E-state index contributed by atoms with van der Waals surface area (Å²) >= 11 is 0. The van der Waals surface area contributed by atoms with E-state index in [0.29, 0.717) is 13.0 Å². The van der Waals surface area contributed by atoms with Crippen LogP contribution in [-0.4, -0.2) is 31.0 Å². The lowest BCUT2D eigenvalue weighted by atomic mass is 10.1.